The van der Waals surface area contributed by atoms with E-state index < -0.39 is 0 Å². The fraction of sp³-hybridized carbons (Fsp3) is 0.381. The zero-order valence-electron chi connectivity index (χ0n) is 16.7. The van der Waals surface area contributed by atoms with Crippen LogP contribution in [0.15, 0.2) is 48.5 Å². The van der Waals surface area contributed by atoms with Crippen molar-refractivity contribution in [2.75, 3.05) is 53.4 Å². The van der Waals surface area contributed by atoms with Gasteiger partial charge in [-0.3, -0.25) is 4.79 Å². The lowest BCUT2D eigenvalue weighted by Crippen LogP contribution is -2.36. The summed E-state index contributed by atoms with van der Waals surface area (Å²) in [5.74, 6) is 1.14. The highest BCUT2D eigenvalue weighted by atomic mass is 16.5. The Morgan fingerprint density at radius 2 is 1.70 bits per heavy atom. The van der Waals surface area contributed by atoms with Crippen molar-refractivity contribution < 1.29 is 14.3 Å². The highest BCUT2D eigenvalue weighted by Gasteiger charge is 2.15. The Labute approximate surface area is 161 Å². The molecule has 146 valence electrons. The molecule has 6 nitrogen and oxygen atoms in total. The topological polar surface area (TPSA) is 54.0 Å². The zero-order chi connectivity index (χ0) is 19.8. The van der Waals surface area contributed by atoms with E-state index in [1.807, 2.05) is 40.3 Å². The number of ether oxygens (including phenoxy) is 2. The number of amides is 1. The second-order valence-corrected chi connectivity index (χ2v) is 6.74. The Balaban J connectivity index is 1.90. The van der Waals surface area contributed by atoms with E-state index in [0.29, 0.717) is 18.0 Å². The van der Waals surface area contributed by atoms with Crippen LogP contribution in [0.25, 0.3) is 0 Å². The Hall–Kier alpha value is -2.73. The van der Waals surface area contributed by atoms with Gasteiger partial charge in [-0.15, -0.1) is 0 Å². The largest absolute Gasteiger partial charge is 0.497 e. The minimum Gasteiger partial charge on any atom is -0.497 e. The zero-order valence-corrected chi connectivity index (χ0v) is 16.7. The third kappa shape index (κ3) is 6.18. The van der Waals surface area contributed by atoms with E-state index in [-0.39, 0.29) is 18.6 Å². The Kier molecular flexibility index (Phi) is 7.49. The Morgan fingerprint density at radius 1 is 1.04 bits per heavy atom. The van der Waals surface area contributed by atoms with Crippen molar-refractivity contribution in [3.8, 4) is 11.5 Å². The van der Waals surface area contributed by atoms with Gasteiger partial charge < -0.3 is 24.6 Å². The summed E-state index contributed by atoms with van der Waals surface area (Å²) in [5.41, 5.74) is 2.30. The first-order valence-corrected chi connectivity index (χ1v) is 8.88. The van der Waals surface area contributed by atoms with E-state index in [4.69, 9.17) is 9.47 Å². The fourth-order valence-electron chi connectivity index (χ4n) is 2.69. The van der Waals surface area contributed by atoms with Crippen molar-refractivity contribution in [3.63, 3.8) is 0 Å². The van der Waals surface area contributed by atoms with Crippen LogP contribution in [0.2, 0.25) is 0 Å². The molecule has 0 unspecified atom stereocenters. The Bertz CT molecular complexity index is 730. The van der Waals surface area contributed by atoms with Crippen LogP contribution in [0.4, 0.5) is 5.69 Å². The molecule has 0 aromatic heterocycles. The molecule has 1 amide bonds. The summed E-state index contributed by atoms with van der Waals surface area (Å²) in [6.07, 6.45) is 0. The van der Waals surface area contributed by atoms with E-state index >= 15 is 0 Å². The van der Waals surface area contributed by atoms with Gasteiger partial charge in [-0.25, -0.2) is 0 Å². The van der Waals surface area contributed by atoms with Gasteiger partial charge in [-0.05, 0) is 43.9 Å². The fourth-order valence-corrected chi connectivity index (χ4v) is 2.69. The molecule has 0 spiro atoms. The lowest BCUT2D eigenvalue weighted by atomic mass is 10.1. The summed E-state index contributed by atoms with van der Waals surface area (Å²) in [6.45, 7) is 0.474. The summed E-state index contributed by atoms with van der Waals surface area (Å²) >= 11 is 0. The van der Waals surface area contributed by atoms with Crippen LogP contribution in [0.1, 0.15) is 11.6 Å². The predicted molar refractivity (Wildman–Crippen MR) is 109 cm³/mol. The molecular formula is C21H29N3O3. The molecule has 0 saturated carbocycles. The number of carbonyl (C=O) groups excluding carboxylic acids is 1. The van der Waals surface area contributed by atoms with Crippen molar-refractivity contribution in [2.45, 2.75) is 6.04 Å². The minimum absolute atomic E-state index is 0.0348. The van der Waals surface area contributed by atoms with Crippen LogP contribution in [0, 0.1) is 0 Å². The van der Waals surface area contributed by atoms with Gasteiger partial charge in [0.25, 0.3) is 5.91 Å². The van der Waals surface area contributed by atoms with Gasteiger partial charge in [0.15, 0.2) is 6.61 Å². The predicted octanol–water partition coefficient (Wildman–Crippen LogP) is 2.56. The number of carbonyl (C=O) groups is 1. The van der Waals surface area contributed by atoms with Crippen LogP contribution < -0.4 is 19.7 Å². The SMILES string of the molecule is COc1cccc(OCC(=O)NC[C@H](c2ccc(N(C)C)cc2)N(C)C)c1. The molecule has 2 aromatic rings. The van der Waals surface area contributed by atoms with Crippen molar-refractivity contribution in [1.29, 1.82) is 0 Å². The number of likely N-dealkylation sites (N-methyl/N-ethyl adjacent to an activating group) is 1. The maximum Gasteiger partial charge on any atom is 0.258 e. The number of hydrogen-bond donors (Lipinski definition) is 1. The molecule has 1 atom stereocenters. The lowest BCUT2D eigenvalue weighted by molar-refractivity contribution is -0.123. The van der Waals surface area contributed by atoms with Crippen molar-refractivity contribution >= 4 is 11.6 Å². The third-order valence-electron chi connectivity index (χ3n) is 4.32. The summed E-state index contributed by atoms with van der Waals surface area (Å²) in [4.78, 5) is 16.3. The quantitative estimate of drug-likeness (QED) is 0.734. The first kappa shape index (κ1) is 20.6. The number of methoxy groups -OCH3 is 1. The average Bonchev–Trinajstić information content (AvgIpc) is 2.66. The molecule has 0 aliphatic carbocycles. The molecule has 0 bridgehead atoms. The molecule has 0 saturated heterocycles. The number of nitrogens with one attached hydrogen (secondary N) is 1. The minimum atomic E-state index is -0.158. The van der Waals surface area contributed by atoms with Crippen LogP contribution in [0.5, 0.6) is 11.5 Å². The van der Waals surface area contributed by atoms with E-state index in [1.165, 1.54) is 0 Å². The van der Waals surface area contributed by atoms with Crippen LogP contribution in [-0.2, 0) is 4.79 Å². The lowest BCUT2D eigenvalue weighted by Gasteiger charge is -2.25. The van der Waals surface area contributed by atoms with Gasteiger partial charge in [-0.1, -0.05) is 18.2 Å². The number of rotatable bonds is 9. The molecule has 0 radical (unpaired) electrons. The molecule has 0 aliphatic rings. The normalized spacial score (nSPS) is 11.8. The van der Waals surface area contributed by atoms with E-state index in [9.17, 15) is 4.79 Å². The highest BCUT2D eigenvalue weighted by Crippen LogP contribution is 2.21. The smallest absolute Gasteiger partial charge is 0.258 e. The second-order valence-electron chi connectivity index (χ2n) is 6.74. The molecule has 0 heterocycles. The maximum absolute atomic E-state index is 12.2. The van der Waals surface area contributed by atoms with E-state index in [0.717, 1.165) is 11.3 Å². The molecular weight excluding hydrogens is 342 g/mol. The first-order valence-electron chi connectivity index (χ1n) is 8.88. The Morgan fingerprint density at radius 3 is 2.30 bits per heavy atom. The van der Waals surface area contributed by atoms with Gasteiger partial charge in [0.2, 0.25) is 0 Å². The standard InChI is InChI=1S/C21H29N3O3/c1-23(2)17-11-9-16(10-12-17)20(24(3)4)14-22-21(25)15-27-19-8-6-7-18(13-19)26-5/h6-13,20H,14-15H2,1-5H3,(H,22,25)/t20-/m1/s1. The molecule has 2 rings (SSSR count). The molecule has 0 fully saturated rings. The van der Waals surface area contributed by atoms with Gasteiger partial charge >= 0.3 is 0 Å². The summed E-state index contributed by atoms with van der Waals surface area (Å²) in [7, 11) is 9.63. The monoisotopic (exact) mass is 371 g/mol. The summed E-state index contributed by atoms with van der Waals surface area (Å²) in [6, 6.07) is 15.6. The van der Waals surface area contributed by atoms with Crippen molar-refractivity contribution in [2.24, 2.45) is 0 Å². The van der Waals surface area contributed by atoms with Gasteiger partial charge in [0, 0.05) is 32.4 Å². The van der Waals surface area contributed by atoms with Gasteiger partial charge in [-0.2, -0.15) is 0 Å². The summed E-state index contributed by atoms with van der Waals surface area (Å²) in [5, 5.41) is 2.95. The third-order valence-corrected chi connectivity index (χ3v) is 4.32. The second kappa shape index (κ2) is 9.83. The van der Waals surface area contributed by atoms with Crippen molar-refractivity contribution in [3.05, 3.63) is 54.1 Å². The average molecular weight is 371 g/mol. The van der Waals surface area contributed by atoms with Crippen LogP contribution in [0.3, 0.4) is 0 Å². The van der Waals surface area contributed by atoms with Gasteiger partial charge in [0.1, 0.15) is 11.5 Å². The number of benzene rings is 2. The van der Waals surface area contributed by atoms with Gasteiger partial charge in [0.05, 0.1) is 13.2 Å². The summed E-state index contributed by atoms with van der Waals surface area (Å²) < 4.78 is 10.7. The molecule has 2 aromatic carbocycles. The first-order chi connectivity index (χ1) is 12.9. The molecule has 0 aliphatic heterocycles. The maximum atomic E-state index is 12.2. The van der Waals surface area contributed by atoms with Crippen molar-refractivity contribution in [1.82, 2.24) is 10.2 Å². The van der Waals surface area contributed by atoms with Crippen LogP contribution in [-0.4, -0.2) is 59.3 Å². The highest BCUT2D eigenvalue weighted by molar-refractivity contribution is 5.77. The number of nitrogens with zero attached hydrogens (tertiary/aromatic N) is 2. The molecule has 6 heteroatoms. The van der Waals surface area contributed by atoms with E-state index in [2.05, 4.69) is 39.4 Å². The number of hydrogen-bond acceptors (Lipinski definition) is 5. The molecule has 1 N–H and O–H groups in total. The van der Waals surface area contributed by atoms with Crippen LogP contribution >= 0.6 is 0 Å². The number of anilines is 1. The molecule has 27 heavy (non-hydrogen) atoms. The van der Waals surface area contributed by atoms with E-state index in [1.54, 1.807) is 19.2 Å².